The lowest BCUT2D eigenvalue weighted by Crippen LogP contribution is -2.37. The van der Waals surface area contributed by atoms with E-state index in [2.05, 4.69) is 5.32 Å². The maximum Gasteiger partial charge on any atom is 0.254 e. The van der Waals surface area contributed by atoms with E-state index in [1.54, 1.807) is 6.92 Å². The second kappa shape index (κ2) is 5.67. The molecule has 1 aromatic rings. The average Bonchev–Trinajstić information content (AvgIpc) is 2.32. The van der Waals surface area contributed by atoms with Gasteiger partial charge in [-0.15, -0.1) is 0 Å². The fourth-order valence-corrected chi connectivity index (χ4v) is 1.24. The van der Waals surface area contributed by atoms with Gasteiger partial charge in [0, 0.05) is 0 Å². The number of carbonyl (C=O) groups excluding carboxylic acids is 1. The third-order valence-corrected chi connectivity index (χ3v) is 2.33. The van der Waals surface area contributed by atoms with Crippen molar-refractivity contribution in [3.8, 4) is 0 Å². The van der Waals surface area contributed by atoms with E-state index in [-0.39, 0.29) is 6.61 Å². The van der Waals surface area contributed by atoms with Crippen LogP contribution in [0.4, 0.5) is 13.2 Å². The molecule has 0 radical (unpaired) electrons. The highest BCUT2D eigenvalue weighted by Gasteiger charge is 2.20. The molecule has 2 N–H and O–H groups in total. The zero-order valence-corrected chi connectivity index (χ0v) is 9.14. The standard InChI is InChI=1S/C11H12F3NO2/c1-2-6(5-16)15-11(17)7-3-4-8(12)10(14)9(7)13/h3-4,6,16H,2,5H2,1H3,(H,15,17)/t6-/m0/s1. The lowest BCUT2D eigenvalue weighted by atomic mass is 10.1. The minimum absolute atomic E-state index is 0.312. The molecule has 0 unspecified atom stereocenters. The first-order valence-corrected chi connectivity index (χ1v) is 5.06. The predicted octanol–water partition coefficient (Wildman–Crippen LogP) is 1.60. The lowest BCUT2D eigenvalue weighted by Gasteiger charge is -2.14. The fourth-order valence-electron chi connectivity index (χ4n) is 1.24. The monoisotopic (exact) mass is 247 g/mol. The molecule has 0 aromatic heterocycles. The van der Waals surface area contributed by atoms with Gasteiger partial charge in [-0.05, 0) is 18.6 Å². The Balaban J connectivity index is 2.93. The Labute approximate surface area is 96.3 Å². The molecule has 94 valence electrons. The molecule has 0 aliphatic rings. The molecule has 1 aromatic carbocycles. The number of amides is 1. The van der Waals surface area contributed by atoms with Gasteiger partial charge in [0.05, 0.1) is 18.2 Å². The first kappa shape index (κ1) is 13.5. The van der Waals surface area contributed by atoms with Gasteiger partial charge in [-0.25, -0.2) is 13.2 Å². The van der Waals surface area contributed by atoms with E-state index in [0.717, 1.165) is 6.07 Å². The van der Waals surface area contributed by atoms with Crippen LogP contribution in [0.3, 0.4) is 0 Å². The van der Waals surface area contributed by atoms with E-state index >= 15 is 0 Å². The van der Waals surface area contributed by atoms with Crippen molar-refractivity contribution in [2.24, 2.45) is 0 Å². The second-order valence-corrected chi connectivity index (χ2v) is 3.48. The SMILES string of the molecule is CC[C@@H](CO)NC(=O)c1ccc(F)c(F)c1F. The number of nitrogens with one attached hydrogen (secondary N) is 1. The maximum absolute atomic E-state index is 13.2. The first-order chi connectivity index (χ1) is 8.01. The predicted molar refractivity (Wildman–Crippen MR) is 54.9 cm³/mol. The number of hydrogen-bond acceptors (Lipinski definition) is 2. The largest absolute Gasteiger partial charge is 0.394 e. The van der Waals surface area contributed by atoms with Gasteiger partial charge in [-0.3, -0.25) is 4.79 Å². The summed E-state index contributed by atoms with van der Waals surface area (Å²) in [6, 6.07) is 0.982. The van der Waals surface area contributed by atoms with Crippen LogP contribution >= 0.6 is 0 Å². The summed E-state index contributed by atoms with van der Waals surface area (Å²) < 4.78 is 38.7. The van der Waals surface area contributed by atoms with Gasteiger partial charge in [0.1, 0.15) is 0 Å². The lowest BCUT2D eigenvalue weighted by molar-refractivity contribution is 0.0909. The Hall–Kier alpha value is -1.56. The highest BCUT2D eigenvalue weighted by atomic mass is 19.2. The van der Waals surface area contributed by atoms with E-state index in [1.165, 1.54) is 0 Å². The Morgan fingerprint density at radius 1 is 1.35 bits per heavy atom. The molecule has 6 heteroatoms. The number of carbonyl (C=O) groups is 1. The van der Waals surface area contributed by atoms with Gasteiger partial charge in [0.25, 0.3) is 5.91 Å². The summed E-state index contributed by atoms with van der Waals surface area (Å²) in [5.41, 5.74) is -0.587. The molecule has 1 atom stereocenters. The molecule has 0 saturated carbocycles. The summed E-state index contributed by atoms with van der Waals surface area (Å²) in [5, 5.41) is 11.1. The Morgan fingerprint density at radius 3 is 2.53 bits per heavy atom. The Morgan fingerprint density at radius 2 is 2.00 bits per heavy atom. The van der Waals surface area contributed by atoms with Crippen molar-refractivity contribution in [1.82, 2.24) is 5.32 Å². The molecule has 0 aliphatic carbocycles. The smallest absolute Gasteiger partial charge is 0.254 e. The number of rotatable bonds is 4. The van der Waals surface area contributed by atoms with Crippen LogP contribution in [-0.4, -0.2) is 23.7 Å². The molecule has 0 bridgehead atoms. The molecule has 17 heavy (non-hydrogen) atoms. The van der Waals surface area contributed by atoms with Gasteiger partial charge >= 0.3 is 0 Å². The number of aliphatic hydroxyl groups is 1. The summed E-state index contributed by atoms with van der Waals surface area (Å²) in [4.78, 5) is 11.5. The third-order valence-electron chi connectivity index (χ3n) is 2.33. The van der Waals surface area contributed by atoms with E-state index in [4.69, 9.17) is 5.11 Å². The van der Waals surface area contributed by atoms with Crippen molar-refractivity contribution < 1.29 is 23.1 Å². The zero-order valence-electron chi connectivity index (χ0n) is 9.14. The van der Waals surface area contributed by atoms with E-state index in [0.29, 0.717) is 12.5 Å². The second-order valence-electron chi connectivity index (χ2n) is 3.48. The molecular formula is C11H12F3NO2. The van der Waals surface area contributed by atoms with Crippen molar-refractivity contribution in [3.63, 3.8) is 0 Å². The number of hydrogen-bond donors (Lipinski definition) is 2. The normalized spacial score (nSPS) is 12.3. The highest BCUT2D eigenvalue weighted by molar-refractivity contribution is 5.94. The summed E-state index contributed by atoms with van der Waals surface area (Å²) in [5.74, 6) is -5.46. The number of aliphatic hydroxyl groups excluding tert-OH is 1. The maximum atomic E-state index is 13.2. The molecular weight excluding hydrogens is 235 g/mol. The van der Waals surface area contributed by atoms with Crippen molar-refractivity contribution in [3.05, 3.63) is 35.1 Å². The van der Waals surface area contributed by atoms with Crippen molar-refractivity contribution >= 4 is 5.91 Å². The van der Waals surface area contributed by atoms with Crippen LogP contribution in [0.5, 0.6) is 0 Å². The van der Waals surface area contributed by atoms with Gasteiger partial charge in [0.2, 0.25) is 0 Å². The van der Waals surface area contributed by atoms with Gasteiger partial charge in [0.15, 0.2) is 17.5 Å². The van der Waals surface area contributed by atoms with Gasteiger partial charge in [-0.1, -0.05) is 6.92 Å². The molecule has 0 heterocycles. The van der Waals surface area contributed by atoms with Crippen molar-refractivity contribution in [1.29, 1.82) is 0 Å². The van der Waals surface area contributed by atoms with E-state index in [9.17, 15) is 18.0 Å². The Kier molecular flexibility index (Phi) is 4.51. The average molecular weight is 247 g/mol. The number of halogens is 3. The Bertz CT molecular complexity index is 419. The quantitative estimate of drug-likeness (QED) is 0.794. The van der Waals surface area contributed by atoms with Crippen LogP contribution in [0.1, 0.15) is 23.7 Å². The summed E-state index contributed by atoms with van der Waals surface area (Å²) in [7, 11) is 0. The van der Waals surface area contributed by atoms with Crippen LogP contribution in [-0.2, 0) is 0 Å². The van der Waals surface area contributed by atoms with Crippen LogP contribution < -0.4 is 5.32 Å². The van der Waals surface area contributed by atoms with Crippen LogP contribution in [0.2, 0.25) is 0 Å². The van der Waals surface area contributed by atoms with Crippen LogP contribution in [0.25, 0.3) is 0 Å². The molecule has 1 rings (SSSR count). The van der Waals surface area contributed by atoms with Crippen molar-refractivity contribution in [2.45, 2.75) is 19.4 Å². The third kappa shape index (κ3) is 2.97. The summed E-state index contributed by atoms with van der Waals surface area (Å²) >= 11 is 0. The minimum Gasteiger partial charge on any atom is -0.394 e. The van der Waals surface area contributed by atoms with Gasteiger partial charge in [-0.2, -0.15) is 0 Å². The summed E-state index contributed by atoms with van der Waals surface area (Å²) in [6.07, 6.45) is 0.438. The molecule has 0 saturated heterocycles. The summed E-state index contributed by atoms with van der Waals surface area (Å²) in [6.45, 7) is 1.40. The van der Waals surface area contributed by atoms with E-state index in [1.807, 2.05) is 0 Å². The molecule has 3 nitrogen and oxygen atoms in total. The molecule has 0 aliphatic heterocycles. The van der Waals surface area contributed by atoms with Gasteiger partial charge < -0.3 is 10.4 Å². The van der Waals surface area contributed by atoms with Crippen LogP contribution in [0, 0.1) is 17.5 Å². The number of benzene rings is 1. The first-order valence-electron chi connectivity index (χ1n) is 5.06. The topological polar surface area (TPSA) is 49.3 Å². The van der Waals surface area contributed by atoms with Crippen molar-refractivity contribution in [2.75, 3.05) is 6.61 Å². The molecule has 0 spiro atoms. The van der Waals surface area contributed by atoms with E-state index < -0.39 is 35.0 Å². The minimum atomic E-state index is -1.69. The highest BCUT2D eigenvalue weighted by Crippen LogP contribution is 2.15. The zero-order chi connectivity index (χ0) is 13.0. The molecule has 1 amide bonds. The fraction of sp³-hybridized carbons (Fsp3) is 0.364. The molecule has 0 fully saturated rings. The van der Waals surface area contributed by atoms with Crippen LogP contribution in [0.15, 0.2) is 12.1 Å².